The summed E-state index contributed by atoms with van der Waals surface area (Å²) in [6, 6.07) is 11.0. The summed E-state index contributed by atoms with van der Waals surface area (Å²) in [5, 5.41) is 3.10. The maximum Gasteiger partial charge on any atom is 0.244 e. The zero-order valence-electron chi connectivity index (χ0n) is 19.3. The Hall–Kier alpha value is -2.65. The van der Waals surface area contributed by atoms with E-state index in [1.807, 2.05) is 0 Å². The molecule has 0 heterocycles. The Morgan fingerprint density at radius 1 is 1.12 bits per heavy atom. The minimum atomic E-state index is -3.87. The van der Waals surface area contributed by atoms with Gasteiger partial charge in [-0.2, -0.15) is 0 Å². The molecule has 0 saturated heterocycles. The average molecular weight is 498 g/mol. The molecule has 0 fully saturated rings. The molecular weight excluding hydrogens is 469 g/mol. The molecule has 7 nitrogen and oxygen atoms in total. The molecule has 2 amide bonds. The first-order valence-corrected chi connectivity index (χ1v) is 12.5. The van der Waals surface area contributed by atoms with Gasteiger partial charge in [0.05, 0.1) is 11.9 Å². The normalized spacial score (nSPS) is 12.7. The van der Waals surface area contributed by atoms with Crippen LogP contribution in [0.2, 0.25) is 5.02 Å². The fourth-order valence-corrected chi connectivity index (χ4v) is 4.14. The van der Waals surface area contributed by atoms with E-state index in [4.69, 9.17) is 11.6 Å². The predicted molar refractivity (Wildman–Crippen MR) is 128 cm³/mol. The van der Waals surface area contributed by atoms with Crippen molar-refractivity contribution in [2.45, 2.75) is 45.8 Å². The Bertz CT molecular complexity index is 1120. The molecule has 1 atom stereocenters. The first-order chi connectivity index (χ1) is 15.2. The maximum atomic E-state index is 14.4. The number of sulfonamides is 1. The number of nitrogens with one attached hydrogen (secondary N) is 1. The molecule has 2 aromatic rings. The van der Waals surface area contributed by atoms with Crippen molar-refractivity contribution in [1.29, 1.82) is 0 Å². The van der Waals surface area contributed by atoms with E-state index in [2.05, 4.69) is 5.32 Å². The van der Waals surface area contributed by atoms with Crippen LogP contribution in [-0.2, 0) is 26.2 Å². The van der Waals surface area contributed by atoms with Crippen LogP contribution < -0.4 is 9.62 Å². The topological polar surface area (TPSA) is 86.8 Å². The summed E-state index contributed by atoms with van der Waals surface area (Å²) in [5.74, 6) is -1.64. The number of benzene rings is 2. The molecule has 2 aromatic carbocycles. The number of nitrogens with zero attached hydrogens (tertiary/aromatic N) is 2. The number of carbonyl (C=O) groups excluding carboxylic acids is 2. The lowest BCUT2D eigenvalue weighted by Crippen LogP contribution is -2.54. The monoisotopic (exact) mass is 497 g/mol. The molecule has 180 valence electrons. The summed E-state index contributed by atoms with van der Waals surface area (Å²) in [6.07, 6.45) is 0.970. The van der Waals surface area contributed by atoms with Crippen LogP contribution in [0.1, 0.15) is 33.3 Å². The van der Waals surface area contributed by atoms with Crippen molar-refractivity contribution in [1.82, 2.24) is 10.2 Å². The third kappa shape index (κ3) is 7.71. The van der Waals surface area contributed by atoms with E-state index in [9.17, 15) is 22.4 Å². The van der Waals surface area contributed by atoms with Crippen LogP contribution in [0.5, 0.6) is 0 Å². The number of halogens is 2. The number of rotatable bonds is 8. The highest BCUT2D eigenvalue weighted by Gasteiger charge is 2.31. The molecule has 1 N–H and O–H groups in total. The van der Waals surface area contributed by atoms with Crippen LogP contribution in [0.3, 0.4) is 0 Å². The Morgan fingerprint density at radius 3 is 2.30 bits per heavy atom. The molecule has 33 heavy (non-hydrogen) atoms. The lowest BCUT2D eigenvalue weighted by molar-refractivity contribution is -0.140. The summed E-state index contributed by atoms with van der Waals surface area (Å²) >= 11 is 6.00. The minimum absolute atomic E-state index is 0.204. The standard InChI is InChI=1S/C23H29ClFN3O4S/c1-16(22(30)26-23(2,3)4)27(14-17-9-6-7-12-20(17)25)21(29)15-28(33(5,31)32)19-11-8-10-18(24)13-19/h6-13,16H,14-15H2,1-5H3,(H,26,30)/t16-/m1/s1. The SMILES string of the molecule is C[C@H](C(=O)NC(C)(C)C)N(Cc1ccccc1F)C(=O)CN(c1cccc(Cl)c1)S(C)(=O)=O. The van der Waals surface area contributed by atoms with Gasteiger partial charge in [-0.3, -0.25) is 13.9 Å². The summed E-state index contributed by atoms with van der Waals surface area (Å²) in [6.45, 7) is 6.11. The van der Waals surface area contributed by atoms with Crippen molar-refractivity contribution >= 4 is 39.1 Å². The number of anilines is 1. The van der Waals surface area contributed by atoms with Gasteiger partial charge in [0, 0.05) is 22.7 Å². The fourth-order valence-electron chi connectivity index (χ4n) is 3.11. The zero-order chi connectivity index (χ0) is 25.0. The van der Waals surface area contributed by atoms with Crippen LogP contribution >= 0.6 is 11.6 Å². The fraction of sp³-hybridized carbons (Fsp3) is 0.391. The first-order valence-electron chi connectivity index (χ1n) is 10.3. The van der Waals surface area contributed by atoms with Crippen LogP contribution in [0.15, 0.2) is 48.5 Å². The molecule has 0 radical (unpaired) electrons. The second-order valence-corrected chi connectivity index (χ2v) is 11.1. The molecule has 2 rings (SSSR count). The van der Waals surface area contributed by atoms with Crippen molar-refractivity contribution in [3.63, 3.8) is 0 Å². The summed E-state index contributed by atoms with van der Waals surface area (Å²) in [7, 11) is -3.87. The third-order valence-electron chi connectivity index (χ3n) is 4.74. The second kappa shape index (κ2) is 10.5. The predicted octanol–water partition coefficient (Wildman–Crippen LogP) is 3.58. The smallest absolute Gasteiger partial charge is 0.244 e. The highest BCUT2D eigenvalue weighted by molar-refractivity contribution is 7.92. The average Bonchev–Trinajstić information content (AvgIpc) is 2.68. The summed E-state index contributed by atoms with van der Waals surface area (Å²) in [4.78, 5) is 27.4. The van der Waals surface area contributed by atoms with Crippen molar-refractivity contribution in [2.24, 2.45) is 0 Å². The second-order valence-electron chi connectivity index (χ2n) is 8.78. The van der Waals surface area contributed by atoms with Crippen LogP contribution in [0.4, 0.5) is 10.1 Å². The number of hydrogen-bond donors (Lipinski definition) is 1. The lowest BCUT2D eigenvalue weighted by Gasteiger charge is -2.33. The van der Waals surface area contributed by atoms with Gasteiger partial charge in [-0.05, 0) is 52.0 Å². The van der Waals surface area contributed by atoms with Gasteiger partial charge in [0.25, 0.3) is 0 Å². The maximum absolute atomic E-state index is 14.4. The molecule has 0 aliphatic carbocycles. The molecular formula is C23H29ClFN3O4S. The molecule has 0 aliphatic heterocycles. The molecule has 10 heteroatoms. The Balaban J connectivity index is 2.42. The minimum Gasteiger partial charge on any atom is -0.350 e. The van der Waals surface area contributed by atoms with Gasteiger partial charge >= 0.3 is 0 Å². The molecule has 0 unspecified atom stereocenters. The number of amides is 2. The highest BCUT2D eigenvalue weighted by atomic mass is 35.5. The lowest BCUT2D eigenvalue weighted by atomic mass is 10.1. The van der Waals surface area contributed by atoms with Gasteiger partial charge in [0.1, 0.15) is 18.4 Å². The van der Waals surface area contributed by atoms with E-state index >= 15 is 0 Å². The van der Waals surface area contributed by atoms with Crippen molar-refractivity contribution < 1.29 is 22.4 Å². The molecule has 0 saturated carbocycles. The Kier molecular flexibility index (Phi) is 8.48. The molecule has 0 aromatic heterocycles. The summed E-state index contributed by atoms with van der Waals surface area (Å²) < 4.78 is 40.2. The van der Waals surface area contributed by atoms with Crippen LogP contribution in [0, 0.1) is 5.82 Å². The van der Waals surface area contributed by atoms with Crippen molar-refractivity contribution in [3.8, 4) is 0 Å². The van der Waals surface area contributed by atoms with Crippen molar-refractivity contribution in [3.05, 3.63) is 64.9 Å². The van der Waals surface area contributed by atoms with E-state index in [0.29, 0.717) is 5.02 Å². The largest absolute Gasteiger partial charge is 0.350 e. The van der Waals surface area contributed by atoms with Crippen molar-refractivity contribution in [2.75, 3.05) is 17.1 Å². The first kappa shape index (κ1) is 26.6. The van der Waals surface area contributed by atoms with Gasteiger partial charge in [-0.25, -0.2) is 12.8 Å². The number of carbonyl (C=O) groups is 2. The van der Waals surface area contributed by atoms with E-state index in [-0.39, 0.29) is 17.8 Å². The number of hydrogen-bond acceptors (Lipinski definition) is 4. The van der Waals surface area contributed by atoms with E-state index in [1.54, 1.807) is 39.0 Å². The molecule has 0 bridgehead atoms. The van der Waals surface area contributed by atoms with Gasteiger partial charge in [-0.15, -0.1) is 0 Å². The van der Waals surface area contributed by atoms with Gasteiger partial charge in [0.15, 0.2) is 0 Å². The Labute approximate surface area is 199 Å². The highest BCUT2D eigenvalue weighted by Crippen LogP contribution is 2.23. The Morgan fingerprint density at radius 2 is 1.76 bits per heavy atom. The van der Waals surface area contributed by atoms with E-state index in [1.165, 1.54) is 42.2 Å². The molecule has 0 spiro atoms. The summed E-state index contributed by atoms with van der Waals surface area (Å²) in [5.41, 5.74) is -0.150. The third-order valence-corrected chi connectivity index (χ3v) is 6.12. The van der Waals surface area contributed by atoms with Crippen LogP contribution in [-0.4, -0.2) is 49.5 Å². The quantitative estimate of drug-likeness (QED) is 0.604. The van der Waals surface area contributed by atoms with Gasteiger partial charge in [-0.1, -0.05) is 35.9 Å². The zero-order valence-corrected chi connectivity index (χ0v) is 20.9. The van der Waals surface area contributed by atoms with Gasteiger partial charge < -0.3 is 10.2 Å². The van der Waals surface area contributed by atoms with E-state index in [0.717, 1.165) is 10.6 Å². The van der Waals surface area contributed by atoms with E-state index < -0.39 is 45.8 Å². The van der Waals surface area contributed by atoms with Gasteiger partial charge in [0.2, 0.25) is 21.8 Å². The van der Waals surface area contributed by atoms with Crippen LogP contribution in [0.25, 0.3) is 0 Å². The molecule has 0 aliphatic rings.